The second kappa shape index (κ2) is 17.6. The van der Waals surface area contributed by atoms with Gasteiger partial charge in [0.1, 0.15) is 18.3 Å². The van der Waals surface area contributed by atoms with Gasteiger partial charge in [0.15, 0.2) is 11.5 Å². The summed E-state index contributed by atoms with van der Waals surface area (Å²) >= 11 is 3.53. The van der Waals surface area contributed by atoms with E-state index in [0.29, 0.717) is 18.1 Å². The summed E-state index contributed by atoms with van der Waals surface area (Å²) in [6.45, 7) is 1.78. The average Bonchev–Trinajstić information content (AvgIpc) is 3.65. The van der Waals surface area contributed by atoms with Crippen molar-refractivity contribution >= 4 is 43.5 Å². The van der Waals surface area contributed by atoms with Gasteiger partial charge in [-0.25, -0.2) is 8.42 Å². The first-order valence-corrected chi connectivity index (χ1v) is 19.2. The summed E-state index contributed by atoms with van der Waals surface area (Å²) in [5, 5.41) is 3.20. The molecule has 1 saturated carbocycles. The molecule has 1 fully saturated rings. The number of hydrogen-bond acceptors (Lipinski definition) is 7. The normalized spacial score (nSPS) is 13.6. The summed E-state index contributed by atoms with van der Waals surface area (Å²) in [7, 11) is -1.48. The number of amides is 2. The molecule has 0 saturated heterocycles. The van der Waals surface area contributed by atoms with E-state index in [1.165, 1.54) is 37.3 Å². The smallest absolute Gasteiger partial charge is 0.264 e. The fourth-order valence-corrected chi connectivity index (χ4v) is 8.14. The molecule has 0 heterocycles. The van der Waals surface area contributed by atoms with Gasteiger partial charge in [-0.2, -0.15) is 0 Å². The number of sulfonamides is 1. The van der Waals surface area contributed by atoms with Crippen LogP contribution in [0.4, 0.5) is 5.69 Å². The van der Waals surface area contributed by atoms with E-state index in [2.05, 4.69) is 21.2 Å². The van der Waals surface area contributed by atoms with E-state index < -0.39 is 28.5 Å². The minimum absolute atomic E-state index is 0.0179. The number of ether oxygens (including phenoxy) is 3. The maximum atomic E-state index is 14.8. The summed E-state index contributed by atoms with van der Waals surface area (Å²) in [6, 6.07) is 26.9. The van der Waals surface area contributed by atoms with Gasteiger partial charge >= 0.3 is 0 Å². The number of rotatable bonds is 16. The maximum Gasteiger partial charge on any atom is 0.264 e. The van der Waals surface area contributed by atoms with Crippen molar-refractivity contribution in [1.29, 1.82) is 0 Å². The molecule has 12 heteroatoms. The lowest BCUT2D eigenvalue weighted by molar-refractivity contribution is -0.140. The molecule has 0 radical (unpaired) electrons. The van der Waals surface area contributed by atoms with Crippen LogP contribution in [0.1, 0.15) is 43.7 Å². The van der Waals surface area contributed by atoms with E-state index >= 15 is 0 Å². The quantitative estimate of drug-likeness (QED) is 0.134. The number of hydrogen-bond donors (Lipinski definition) is 1. The van der Waals surface area contributed by atoms with Crippen LogP contribution in [0.3, 0.4) is 0 Å². The van der Waals surface area contributed by atoms with Crippen molar-refractivity contribution < 1.29 is 32.2 Å². The van der Waals surface area contributed by atoms with Gasteiger partial charge in [-0.05, 0) is 79.4 Å². The molecule has 0 spiro atoms. The van der Waals surface area contributed by atoms with Gasteiger partial charge < -0.3 is 24.4 Å². The van der Waals surface area contributed by atoms with Crippen molar-refractivity contribution in [2.45, 2.75) is 62.6 Å². The van der Waals surface area contributed by atoms with Crippen molar-refractivity contribution in [1.82, 2.24) is 10.2 Å². The summed E-state index contributed by atoms with van der Waals surface area (Å²) in [4.78, 5) is 30.5. The van der Waals surface area contributed by atoms with E-state index in [4.69, 9.17) is 14.2 Å². The number of anilines is 1. The molecule has 1 atom stereocenters. The number of carbonyl (C=O) groups excluding carboxylic acids is 2. The number of benzene rings is 4. The van der Waals surface area contributed by atoms with Crippen molar-refractivity contribution in [2.75, 3.05) is 31.7 Å². The monoisotopic (exact) mass is 777 g/mol. The lowest BCUT2D eigenvalue weighted by Crippen LogP contribution is -2.54. The van der Waals surface area contributed by atoms with Gasteiger partial charge in [-0.15, -0.1) is 0 Å². The molecular formula is C39H44BrN3O7S. The highest BCUT2D eigenvalue weighted by atomic mass is 79.9. The Morgan fingerprint density at radius 3 is 2.20 bits per heavy atom. The van der Waals surface area contributed by atoms with E-state index in [1.807, 2.05) is 61.5 Å². The molecule has 5 rings (SSSR count). The van der Waals surface area contributed by atoms with E-state index in [9.17, 15) is 18.0 Å². The van der Waals surface area contributed by atoms with Crippen molar-refractivity contribution in [3.05, 3.63) is 113 Å². The maximum absolute atomic E-state index is 14.8. The highest BCUT2D eigenvalue weighted by Gasteiger charge is 2.36. The molecule has 270 valence electrons. The van der Waals surface area contributed by atoms with E-state index in [1.54, 1.807) is 24.3 Å². The summed E-state index contributed by atoms with van der Waals surface area (Å²) in [5.41, 5.74) is 1.90. The number of halogens is 1. The molecule has 51 heavy (non-hydrogen) atoms. The summed E-state index contributed by atoms with van der Waals surface area (Å²) in [5.74, 6) is 0.315. The van der Waals surface area contributed by atoms with Gasteiger partial charge in [0.2, 0.25) is 11.8 Å². The number of nitrogens with one attached hydrogen (secondary N) is 1. The zero-order valence-corrected chi connectivity index (χ0v) is 31.5. The van der Waals surface area contributed by atoms with Crippen LogP contribution in [0.15, 0.2) is 106 Å². The molecule has 4 aromatic rings. The van der Waals surface area contributed by atoms with E-state index in [0.717, 1.165) is 45.6 Å². The minimum atomic E-state index is -4.37. The Morgan fingerprint density at radius 2 is 1.55 bits per heavy atom. The van der Waals surface area contributed by atoms with Crippen LogP contribution in [0.5, 0.6) is 17.2 Å². The Labute approximate surface area is 308 Å². The second-order valence-corrected chi connectivity index (χ2v) is 15.1. The first-order chi connectivity index (χ1) is 24.6. The van der Waals surface area contributed by atoms with Gasteiger partial charge in [0.25, 0.3) is 10.0 Å². The SMILES string of the molecule is CCOc1ccc(N(CC(=O)N(Cc2cccc(Br)c2)[C@@H](Cc2ccccc2)C(=O)NC2CCCC2)S(=O)(=O)c2ccc(OC)c(OC)c2)cc1. The third-order valence-electron chi connectivity index (χ3n) is 8.87. The zero-order valence-electron chi connectivity index (χ0n) is 29.1. The molecule has 10 nitrogen and oxygen atoms in total. The average molecular weight is 779 g/mol. The first-order valence-electron chi connectivity index (χ1n) is 17.0. The topological polar surface area (TPSA) is 114 Å². The third-order valence-corrected chi connectivity index (χ3v) is 11.1. The lowest BCUT2D eigenvalue weighted by atomic mass is 10.0. The zero-order chi connectivity index (χ0) is 36.4. The molecule has 1 aliphatic carbocycles. The minimum Gasteiger partial charge on any atom is -0.494 e. The Hall–Kier alpha value is -4.55. The molecule has 0 bridgehead atoms. The van der Waals surface area contributed by atoms with Crippen molar-refractivity contribution in [2.24, 2.45) is 0 Å². The number of methoxy groups -OCH3 is 2. The van der Waals surface area contributed by atoms with Gasteiger partial charge in [-0.3, -0.25) is 13.9 Å². The standard InChI is InChI=1S/C39H44BrN3O7S/c1-4-50-33-19-17-32(18-20-33)43(51(46,47)34-21-22-36(48-2)37(25-34)49-3)27-38(44)42(26-29-13-10-14-30(40)23-29)35(24-28-11-6-5-7-12-28)39(45)41-31-15-8-9-16-31/h5-7,10-14,17-23,25,31,35H,4,8-9,15-16,24,26-27H2,1-3H3,(H,41,45)/t35-/m0/s1. The highest BCUT2D eigenvalue weighted by molar-refractivity contribution is 9.10. The molecule has 0 aliphatic heterocycles. The third kappa shape index (κ3) is 9.62. The lowest BCUT2D eigenvalue weighted by Gasteiger charge is -2.34. The van der Waals surface area contributed by atoms with Gasteiger partial charge in [-0.1, -0.05) is 71.2 Å². The Balaban J connectivity index is 1.59. The van der Waals surface area contributed by atoms with Crippen molar-refractivity contribution in [3.63, 3.8) is 0 Å². The van der Waals surface area contributed by atoms with Gasteiger partial charge in [0.05, 0.1) is 31.4 Å². The largest absolute Gasteiger partial charge is 0.494 e. The van der Waals surface area contributed by atoms with Crippen LogP contribution in [0.2, 0.25) is 0 Å². The van der Waals surface area contributed by atoms with E-state index in [-0.39, 0.29) is 41.2 Å². The second-order valence-electron chi connectivity index (χ2n) is 12.3. The molecule has 4 aromatic carbocycles. The molecule has 0 aromatic heterocycles. The number of nitrogens with zero attached hydrogens (tertiary/aromatic N) is 2. The summed E-state index contributed by atoms with van der Waals surface area (Å²) in [6.07, 6.45) is 4.04. The van der Waals surface area contributed by atoms with Crippen LogP contribution >= 0.6 is 15.9 Å². The van der Waals surface area contributed by atoms with Crippen LogP contribution in [0.25, 0.3) is 0 Å². The van der Waals surface area contributed by atoms with Crippen LogP contribution in [-0.2, 0) is 32.6 Å². The molecule has 2 amide bonds. The van der Waals surface area contributed by atoms with Crippen LogP contribution in [-0.4, -0.2) is 64.6 Å². The molecule has 1 N–H and O–H groups in total. The van der Waals surface area contributed by atoms with Gasteiger partial charge in [0, 0.05) is 29.5 Å². The van der Waals surface area contributed by atoms with Crippen molar-refractivity contribution in [3.8, 4) is 17.2 Å². The molecular weight excluding hydrogens is 734 g/mol. The van der Waals surface area contributed by atoms with Crippen LogP contribution in [0, 0.1) is 0 Å². The summed E-state index contributed by atoms with van der Waals surface area (Å²) < 4.78 is 47.3. The Morgan fingerprint density at radius 1 is 0.863 bits per heavy atom. The predicted octanol–water partition coefficient (Wildman–Crippen LogP) is 6.76. The fourth-order valence-electron chi connectivity index (χ4n) is 6.26. The Bertz CT molecular complexity index is 1880. The predicted molar refractivity (Wildman–Crippen MR) is 201 cm³/mol. The molecule has 0 unspecified atom stereocenters. The van der Waals surface area contributed by atoms with Crippen LogP contribution < -0.4 is 23.8 Å². The fraction of sp³-hybridized carbons (Fsp3) is 0.333. The molecule has 1 aliphatic rings. The first kappa shape index (κ1) is 37.7. The number of carbonyl (C=O) groups is 2. The Kier molecular flexibility index (Phi) is 13.0. The highest BCUT2D eigenvalue weighted by Crippen LogP contribution is 2.33.